The van der Waals surface area contributed by atoms with Crippen LogP contribution in [0.1, 0.15) is 33.1 Å². The van der Waals surface area contributed by atoms with Crippen LogP contribution in [0.3, 0.4) is 0 Å². The predicted octanol–water partition coefficient (Wildman–Crippen LogP) is 2.89. The van der Waals surface area contributed by atoms with E-state index in [2.05, 4.69) is 28.1 Å². The van der Waals surface area contributed by atoms with Crippen molar-refractivity contribution in [1.29, 1.82) is 0 Å². The van der Waals surface area contributed by atoms with E-state index in [4.69, 9.17) is 5.73 Å². The van der Waals surface area contributed by atoms with Gasteiger partial charge in [-0.1, -0.05) is 18.2 Å². The van der Waals surface area contributed by atoms with Crippen molar-refractivity contribution < 1.29 is 14.4 Å². The molecule has 4 N–H and O–H groups in total. The highest BCUT2D eigenvalue weighted by Gasteiger charge is 2.34. The van der Waals surface area contributed by atoms with Crippen molar-refractivity contribution in [2.24, 2.45) is 5.73 Å². The number of carbonyl (C=O) groups is 3. The fraction of sp³-hybridized carbons (Fsp3) is 0.500. The zero-order valence-electron chi connectivity index (χ0n) is 21.4. The van der Waals surface area contributed by atoms with E-state index in [1.165, 1.54) is 31.7 Å². The number of hydrogen-bond acceptors (Lipinski definition) is 7. The molecule has 36 heavy (non-hydrogen) atoms. The second kappa shape index (κ2) is 15.3. The molecule has 2 atom stereocenters. The monoisotopic (exact) mass is 516 g/mol. The van der Waals surface area contributed by atoms with E-state index in [0.717, 1.165) is 25.3 Å². The van der Waals surface area contributed by atoms with Crippen LogP contribution in [0.15, 0.2) is 49.6 Å². The van der Waals surface area contributed by atoms with Crippen LogP contribution in [0.5, 0.6) is 0 Å². The number of benzene rings is 1. The summed E-state index contributed by atoms with van der Waals surface area (Å²) in [5, 5.41) is 2.29. The average Bonchev–Trinajstić information content (AvgIpc) is 3.38. The summed E-state index contributed by atoms with van der Waals surface area (Å²) in [6.07, 6.45) is 6.09. The molecule has 10 heteroatoms. The largest absolute Gasteiger partial charge is 0.334 e. The number of likely N-dealkylation sites (tertiary alicyclic amines) is 1. The number of nitrogens with one attached hydrogen (secondary N) is 2. The first kappa shape index (κ1) is 29.4. The number of likely N-dealkylation sites (N-methyl/N-ethyl adjacent to an activating group) is 1. The topological polar surface area (TPSA) is 111 Å². The second-order valence-electron chi connectivity index (χ2n) is 8.69. The Morgan fingerprint density at radius 1 is 1.17 bits per heavy atom. The molecule has 1 aliphatic rings. The molecule has 0 radical (unpaired) electrons. The zero-order chi connectivity index (χ0) is 26.5. The number of hydrogen-bond donors (Lipinski definition) is 3. The van der Waals surface area contributed by atoms with Crippen LogP contribution in [-0.2, 0) is 14.4 Å². The standard InChI is InChI=1S/C26H40N6O3S/c1-5-14-31(15-6-2)25(35)24(27)26(32(7-3)20(4)33)36-29-22-12-10-11-21(19-22)28-23(34)13-18-30-16-8-9-17-30/h5-6,10-12,19,24,26,29H,1-2,7-9,13-18,27H2,3-4H3,(H,28,34)/t24-,26?/m1/s1. The Bertz CT molecular complexity index is 895. The van der Waals surface area contributed by atoms with Crippen molar-refractivity contribution in [2.75, 3.05) is 49.3 Å². The van der Waals surface area contributed by atoms with Crippen molar-refractivity contribution in [3.05, 3.63) is 49.6 Å². The summed E-state index contributed by atoms with van der Waals surface area (Å²) in [6, 6.07) is 6.35. The molecule has 0 aliphatic carbocycles. The molecule has 1 aromatic carbocycles. The van der Waals surface area contributed by atoms with Crippen molar-refractivity contribution in [1.82, 2.24) is 14.7 Å². The summed E-state index contributed by atoms with van der Waals surface area (Å²) < 4.78 is 3.22. The molecular formula is C26H40N6O3S. The molecule has 1 fully saturated rings. The van der Waals surface area contributed by atoms with Crippen LogP contribution in [0, 0.1) is 0 Å². The van der Waals surface area contributed by atoms with Gasteiger partial charge in [0.2, 0.25) is 17.7 Å². The van der Waals surface area contributed by atoms with Crippen LogP contribution >= 0.6 is 11.9 Å². The Labute approximate surface area is 219 Å². The number of carbonyl (C=O) groups excluding carboxylic acids is 3. The molecule has 198 valence electrons. The molecule has 0 saturated carbocycles. The van der Waals surface area contributed by atoms with Gasteiger partial charge in [0.05, 0.1) is 0 Å². The highest BCUT2D eigenvalue weighted by atomic mass is 32.2. The Morgan fingerprint density at radius 2 is 1.81 bits per heavy atom. The maximum absolute atomic E-state index is 13.1. The number of amides is 3. The van der Waals surface area contributed by atoms with Crippen LogP contribution in [0.4, 0.5) is 11.4 Å². The third-order valence-electron chi connectivity index (χ3n) is 5.95. The molecule has 0 spiro atoms. The first-order valence-corrected chi connectivity index (χ1v) is 13.3. The Morgan fingerprint density at radius 3 is 2.39 bits per heavy atom. The molecular weight excluding hydrogens is 476 g/mol. The Kier molecular flexibility index (Phi) is 12.5. The lowest BCUT2D eigenvalue weighted by atomic mass is 10.2. The van der Waals surface area contributed by atoms with Gasteiger partial charge in [-0.2, -0.15) is 0 Å². The van der Waals surface area contributed by atoms with Gasteiger partial charge in [-0.05, 0) is 63.0 Å². The van der Waals surface area contributed by atoms with E-state index >= 15 is 0 Å². The normalized spacial score (nSPS) is 15.0. The minimum Gasteiger partial charge on any atom is -0.334 e. The van der Waals surface area contributed by atoms with Crippen molar-refractivity contribution in [2.45, 2.75) is 44.5 Å². The SMILES string of the molecule is C=CCN(CC=C)C(=O)[C@@H](N)C(SNc1cccc(NC(=O)CCN2CCCC2)c1)N(CC)C(C)=O. The van der Waals surface area contributed by atoms with E-state index < -0.39 is 11.4 Å². The molecule has 9 nitrogen and oxygen atoms in total. The summed E-state index contributed by atoms with van der Waals surface area (Å²) >= 11 is 1.19. The number of nitrogens with two attached hydrogens (primary N) is 1. The number of rotatable bonds is 15. The van der Waals surface area contributed by atoms with E-state index in [9.17, 15) is 14.4 Å². The molecule has 0 bridgehead atoms. The Balaban J connectivity index is 2.07. The van der Waals surface area contributed by atoms with Gasteiger partial charge in [0, 0.05) is 50.9 Å². The van der Waals surface area contributed by atoms with Crippen molar-refractivity contribution in [3.63, 3.8) is 0 Å². The lowest BCUT2D eigenvalue weighted by molar-refractivity contribution is -0.135. The highest BCUT2D eigenvalue weighted by molar-refractivity contribution is 8.01. The van der Waals surface area contributed by atoms with Gasteiger partial charge in [-0.25, -0.2) is 0 Å². The maximum atomic E-state index is 13.1. The third-order valence-corrected chi connectivity index (χ3v) is 7.10. The van der Waals surface area contributed by atoms with Gasteiger partial charge in [-0.3, -0.25) is 14.4 Å². The van der Waals surface area contributed by atoms with Gasteiger partial charge < -0.3 is 30.5 Å². The van der Waals surface area contributed by atoms with E-state index in [0.29, 0.717) is 31.7 Å². The van der Waals surface area contributed by atoms with Gasteiger partial charge in [0.15, 0.2) is 0 Å². The quantitative estimate of drug-likeness (QED) is 0.187. The van der Waals surface area contributed by atoms with Gasteiger partial charge in [0.1, 0.15) is 11.4 Å². The predicted molar refractivity (Wildman–Crippen MR) is 148 cm³/mol. The molecule has 2 rings (SSSR count). The smallest absolute Gasteiger partial charge is 0.243 e. The molecule has 3 amide bonds. The summed E-state index contributed by atoms with van der Waals surface area (Å²) in [7, 11) is 0. The fourth-order valence-electron chi connectivity index (χ4n) is 4.09. The first-order chi connectivity index (χ1) is 17.3. The molecule has 1 unspecified atom stereocenters. The lowest BCUT2D eigenvalue weighted by Gasteiger charge is -2.35. The Hall–Kier alpha value is -2.82. The molecule has 1 aliphatic heterocycles. The lowest BCUT2D eigenvalue weighted by Crippen LogP contribution is -2.56. The van der Waals surface area contributed by atoms with Crippen molar-refractivity contribution >= 4 is 41.0 Å². The van der Waals surface area contributed by atoms with Crippen molar-refractivity contribution in [3.8, 4) is 0 Å². The maximum Gasteiger partial charge on any atom is 0.243 e. The van der Waals surface area contributed by atoms with Crippen LogP contribution in [0.25, 0.3) is 0 Å². The number of nitrogens with zero attached hydrogens (tertiary/aromatic N) is 3. The zero-order valence-corrected chi connectivity index (χ0v) is 22.3. The summed E-state index contributed by atoms with van der Waals surface area (Å²) in [6.45, 7) is 14.6. The first-order valence-electron chi connectivity index (χ1n) is 12.4. The van der Waals surface area contributed by atoms with Crippen LogP contribution in [-0.4, -0.2) is 83.1 Å². The molecule has 0 aromatic heterocycles. The van der Waals surface area contributed by atoms with E-state index in [1.54, 1.807) is 22.0 Å². The molecule has 1 saturated heterocycles. The van der Waals surface area contributed by atoms with E-state index in [1.807, 2.05) is 31.2 Å². The van der Waals surface area contributed by atoms with Gasteiger partial charge >= 0.3 is 0 Å². The minimum atomic E-state index is -0.972. The summed E-state index contributed by atoms with van der Waals surface area (Å²) in [5.74, 6) is -0.513. The molecule has 1 aromatic rings. The van der Waals surface area contributed by atoms with Crippen LogP contribution < -0.4 is 15.8 Å². The van der Waals surface area contributed by atoms with Crippen LogP contribution in [0.2, 0.25) is 0 Å². The van der Waals surface area contributed by atoms with E-state index in [-0.39, 0.29) is 17.7 Å². The molecule has 1 heterocycles. The van der Waals surface area contributed by atoms with Gasteiger partial charge in [0.25, 0.3) is 0 Å². The average molecular weight is 517 g/mol. The minimum absolute atomic E-state index is 0.0320. The summed E-state index contributed by atoms with van der Waals surface area (Å²) in [4.78, 5) is 43.3. The second-order valence-corrected chi connectivity index (χ2v) is 9.61. The summed E-state index contributed by atoms with van der Waals surface area (Å²) in [5.41, 5.74) is 7.80. The third kappa shape index (κ3) is 9.00. The fourth-order valence-corrected chi connectivity index (χ4v) is 5.16. The van der Waals surface area contributed by atoms with Gasteiger partial charge in [-0.15, -0.1) is 13.2 Å². The number of anilines is 2. The highest BCUT2D eigenvalue weighted by Crippen LogP contribution is 2.25.